The molecule has 5 nitrogen and oxygen atoms in total. The number of hydrogen-bond acceptors (Lipinski definition) is 4. The van der Waals surface area contributed by atoms with Crippen LogP contribution in [0, 0.1) is 10.1 Å². The number of nitrogens with zero attached hydrogens (tertiary/aromatic N) is 2. The average molecular weight is 250 g/mol. The maximum Gasteiger partial charge on any atom is 0.311 e. The van der Waals surface area contributed by atoms with Gasteiger partial charge in [-0.25, -0.2) is 0 Å². The van der Waals surface area contributed by atoms with Gasteiger partial charge in [0, 0.05) is 25.2 Å². The molecule has 0 fully saturated rings. The Morgan fingerprint density at radius 2 is 2.11 bits per heavy atom. The van der Waals surface area contributed by atoms with E-state index in [1.54, 1.807) is 6.07 Å². The molecule has 0 amide bonds. The van der Waals surface area contributed by atoms with Crippen LogP contribution in [0.15, 0.2) is 12.1 Å². The minimum Gasteiger partial charge on any atom is -0.490 e. The SMILES string of the molecule is COc1cc2c(cc1[N+](=O)[O-])CCN(C(C)C)C2. The molecular formula is C13H18N2O3. The number of fused-ring (bicyclic) bond motifs is 1. The van der Waals surface area contributed by atoms with Crippen molar-refractivity contribution < 1.29 is 9.66 Å². The summed E-state index contributed by atoms with van der Waals surface area (Å²) < 4.78 is 5.11. The van der Waals surface area contributed by atoms with Crippen molar-refractivity contribution >= 4 is 5.69 Å². The van der Waals surface area contributed by atoms with Crippen molar-refractivity contribution in [3.63, 3.8) is 0 Å². The van der Waals surface area contributed by atoms with Gasteiger partial charge in [-0.3, -0.25) is 15.0 Å². The van der Waals surface area contributed by atoms with Gasteiger partial charge in [0.05, 0.1) is 12.0 Å². The summed E-state index contributed by atoms with van der Waals surface area (Å²) in [6.07, 6.45) is 0.859. The zero-order chi connectivity index (χ0) is 13.3. The Balaban J connectivity index is 2.38. The lowest BCUT2D eigenvalue weighted by Gasteiger charge is -2.31. The van der Waals surface area contributed by atoms with Crippen molar-refractivity contribution in [1.29, 1.82) is 0 Å². The number of nitro groups is 1. The van der Waals surface area contributed by atoms with Crippen LogP contribution in [0.4, 0.5) is 5.69 Å². The van der Waals surface area contributed by atoms with Crippen LogP contribution in [-0.2, 0) is 13.0 Å². The summed E-state index contributed by atoms with van der Waals surface area (Å²) in [5.74, 6) is 0.351. The van der Waals surface area contributed by atoms with E-state index in [9.17, 15) is 10.1 Å². The summed E-state index contributed by atoms with van der Waals surface area (Å²) in [7, 11) is 1.47. The molecule has 0 spiro atoms. The number of nitro benzene ring substituents is 1. The van der Waals surface area contributed by atoms with Crippen LogP contribution in [-0.4, -0.2) is 29.5 Å². The van der Waals surface area contributed by atoms with E-state index in [1.165, 1.54) is 7.11 Å². The minimum absolute atomic E-state index is 0.0641. The zero-order valence-corrected chi connectivity index (χ0v) is 11.0. The third-order valence-electron chi connectivity index (χ3n) is 3.47. The predicted octanol–water partition coefficient (Wildman–Crippen LogP) is 2.37. The molecule has 0 N–H and O–H groups in total. The summed E-state index contributed by atoms with van der Waals surface area (Å²) in [5, 5.41) is 11.0. The smallest absolute Gasteiger partial charge is 0.311 e. The molecule has 0 aliphatic carbocycles. The van der Waals surface area contributed by atoms with Crippen molar-refractivity contribution in [3.05, 3.63) is 33.4 Å². The van der Waals surface area contributed by atoms with Gasteiger partial charge >= 0.3 is 5.69 Å². The van der Waals surface area contributed by atoms with Gasteiger partial charge in [-0.15, -0.1) is 0 Å². The molecule has 0 atom stereocenters. The van der Waals surface area contributed by atoms with E-state index in [1.807, 2.05) is 6.07 Å². The highest BCUT2D eigenvalue weighted by atomic mass is 16.6. The van der Waals surface area contributed by atoms with E-state index in [0.29, 0.717) is 11.8 Å². The average Bonchev–Trinajstić information content (AvgIpc) is 2.36. The van der Waals surface area contributed by atoms with Crippen LogP contribution in [0.3, 0.4) is 0 Å². The van der Waals surface area contributed by atoms with Crippen LogP contribution in [0.5, 0.6) is 5.75 Å². The maximum atomic E-state index is 11.0. The summed E-state index contributed by atoms with van der Waals surface area (Å²) in [4.78, 5) is 12.9. The molecule has 1 aliphatic heterocycles. The zero-order valence-electron chi connectivity index (χ0n) is 11.0. The molecular weight excluding hydrogens is 232 g/mol. The first-order valence-corrected chi connectivity index (χ1v) is 6.11. The number of hydrogen-bond donors (Lipinski definition) is 0. The predicted molar refractivity (Wildman–Crippen MR) is 68.9 cm³/mol. The summed E-state index contributed by atoms with van der Waals surface area (Å²) in [6.45, 7) is 6.11. The van der Waals surface area contributed by atoms with Crippen molar-refractivity contribution in [2.75, 3.05) is 13.7 Å². The highest BCUT2D eigenvalue weighted by Crippen LogP contribution is 2.33. The minimum atomic E-state index is -0.381. The van der Waals surface area contributed by atoms with Crippen molar-refractivity contribution in [2.45, 2.75) is 32.9 Å². The Kier molecular flexibility index (Phi) is 3.52. The molecule has 0 aromatic heterocycles. The molecule has 98 valence electrons. The molecule has 5 heteroatoms. The highest BCUT2D eigenvalue weighted by Gasteiger charge is 2.24. The van der Waals surface area contributed by atoms with Gasteiger partial charge in [0.1, 0.15) is 0 Å². The topological polar surface area (TPSA) is 55.6 Å². The van der Waals surface area contributed by atoms with E-state index in [2.05, 4.69) is 18.7 Å². The van der Waals surface area contributed by atoms with Crippen LogP contribution in [0.1, 0.15) is 25.0 Å². The van der Waals surface area contributed by atoms with Crippen LogP contribution in [0.2, 0.25) is 0 Å². The number of rotatable bonds is 3. The van der Waals surface area contributed by atoms with Gasteiger partial charge in [0.15, 0.2) is 5.75 Å². The molecule has 1 aromatic rings. The summed E-state index contributed by atoms with van der Waals surface area (Å²) in [6, 6.07) is 3.95. The number of benzene rings is 1. The van der Waals surface area contributed by atoms with Crippen LogP contribution >= 0.6 is 0 Å². The van der Waals surface area contributed by atoms with Gasteiger partial charge in [-0.05, 0) is 37.5 Å². The molecule has 1 heterocycles. The fraction of sp³-hybridized carbons (Fsp3) is 0.538. The molecule has 0 saturated carbocycles. The molecule has 2 rings (SSSR count). The second kappa shape index (κ2) is 4.94. The lowest BCUT2D eigenvalue weighted by atomic mass is 9.97. The molecule has 0 saturated heterocycles. The van der Waals surface area contributed by atoms with Crippen molar-refractivity contribution in [2.24, 2.45) is 0 Å². The standard InChI is InChI=1S/C13H18N2O3/c1-9(2)14-5-4-10-6-12(15(16)17)13(18-3)7-11(10)8-14/h6-7,9H,4-5,8H2,1-3H3. The first-order valence-electron chi connectivity index (χ1n) is 6.11. The number of methoxy groups -OCH3 is 1. The van der Waals surface area contributed by atoms with Crippen LogP contribution < -0.4 is 4.74 Å². The van der Waals surface area contributed by atoms with Crippen molar-refractivity contribution in [3.8, 4) is 5.75 Å². The fourth-order valence-electron chi connectivity index (χ4n) is 2.34. The van der Waals surface area contributed by atoms with E-state index in [-0.39, 0.29) is 10.6 Å². The Labute approximate surface area is 107 Å². The van der Waals surface area contributed by atoms with Gasteiger partial charge in [-0.2, -0.15) is 0 Å². The lowest BCUT2D eigenvalue weighted by molar-refractivity contribution is -0.385. The first kappa shape index (κ1) is 12.8. The molecule has 1 aromatic carbocycles. The quantitative estimate of drug-likeness (QED) is 0.610. The molecule has 18 heavy (non-hydrogen) atoms. The normalized spacial score (nSPS) is 15.6. The largest absolute Gasteiger partial charge is 0.490 e. The van der Waals surface area contributed by atoms with E-state index in [0.717, 1.165) is 30.6 Å². The fourth-order valence-corrected chi connectivity index (χ4v) is 2.34. The highest BCUT2D eigenvalue weighted by molar-refractivity contribution is 5.52. The second-order valence-electron chi connectivity index (χ2n) is 4.86. The van der Waals surface area contributed by atoms with E-state index in [4.69, 9.17) is 4.74 Å². The van der Waals surface area contributed by atoms with E-state index < -0.39 is 0 Å². The molecule has 1 aliphatic rings. The van der Waals surface area contributed by atoms with Gasteiger partial charge < -0.3 is 4.74 Å². The maximum absolute atomic E-state index is 11.0. The summed E-state index contributed by atoms with van der Waals surface area (Å²) in [5.41, 5.74) is 2.27. The first-order chi connectivity index (χ1) is 8.52. The van der Waals surface area contributed by atoms with Gasteiger partial charge in [0.2, 0.25) is 0 Å². The lowest BCUT2D eigenvalue weighted by Crippen LogP contribution is -2.35. The Morgan fingerprint density at radius 1 is 1.39 bits per heavy atom. The third kappa shape index (κ3) is 2.31. The van der Waals surface area contributed by atoms with E-state index >= 15 is 0 Å². The third-order valence-corrected chi connectivity index (χ3v) is 3.47. The van der Waals surface area contributed by atoms with Crippen molar-refractivity contribution in [1.82, 2.24) is 4.90 Å². The molecule has 0 unspecified atom stereocenters. The molecule has 0 radical (unpaired) electrons. The van der Waals surface area contributed by atoms with Crippen LogP contribution in [0.25, 0.3) is 0 Å². The Morgan fingerprint density at radius 3 is 2.67 bits per heavy atom. The second-order valence-corrected chi connectivity index (χ2v) is 4.86. The summed E-state index contributed by atoms with van der Waals surface area (Å²) >= 11 is 0. The number of ether oxygens (including phenoxy) is 1. The Hall–Kier alpha value is -1.62. The Bertz CT molecular complexity index is 472. The van der Waals surface area contributed by atoms with Gasteiger partial charge in [-0.1, -0.05) is 0 Å². The molecule has 0 bridgehead atoms. The van der Waals surface area contributed by atoms with Gasteiger partial charge in [0.25, 0.3) is 0 Å². The monoisotopic (exact) mass is 250 g/mol.